The van der Waals surface area contributed by atoms with Gasteiger partial charge in [-0.2, -0.15) is 0 Å². The fourth-order valence-electron chi connectivity index (χ4n) is 2.65. The minimum atomic E-state index is -1.18. The van der Waals surface area contributed by atoms with E-state index >= 15 is 0 Å². The van der Waals surface area contributed by atoms with E-state index in [1.54, 1.807) is 0 Å². The van der Waals surface area contributed by atoms with E-state index in [0.29, 0.717) is 19.3 Å². The zero-order chi connectivity index (χ0) is 14.7. The van der Waals surface area contributed by atoms with E-state index in [4.69, 9.17) is 10.5 Å². The molecule has 1 unspecified atom stereocenters. The monoisotopic (exact) mass is 288 g/mol. The molecule has 1 aliphatic heterocycles. The van der Waals surface area contributed by atoms with Crippen molar-refractivity contribution in [2.24, 2.45) is 5.73 Å². The van der Waals surface area contributed by atoms with E-state index < -0.39 is 23.5 Å². The highest BCUT2D eigenvalue weighted by Gasteiger charge is 2.27. The van der Waals surface area contributed by atoms with Crippen LogP contribution in [0.3, 0.4) is 0 Å². The Bertz CT molecular complexity index is 464. The third-order valence-corrected chi connectivity index (χ3v) is 3.88. The molecule has 1 atom stereocenters. The summed E-state index contributed by atoms with van der Waals surface area (Å²) < 4.78 is 45.5. The van der Waals surface area contributed by atoms with Gasteiger partial charge in [-0.1, -0.05) is 0 Å². The molecule has 0 amide bonds. The van der Waals surface area contributed by atoms with Crippen molar-refractivity contribution in [1.29, 1.82) is 0 Å². The van der Waals surface area contributed by atoms with Gasteiger partial charge in [-0.05, 0) is 26.0 Å². The molecule has 1 saturated heterocycles. The Balaban J connectivity index is 2.24. The van der Waals surface area contributed by atoms with Gasteiger partial charge in [0.05, 0.1) is 0 Å². The Morgan fingerprint density at radius 2 is 1.80 bits per heavy atom. The molecule has 1 heterocycles. The molecule has 6 heteroatoms. The Morgan fingerprint density at radius 3 is 2.40 bits per heavy atom. The van der Waals surface area contributed by atoms with Crippen LogP contribution in [0.25, 0.3) is 0 Å². The summed E-state index contributed by atoms with van der Waals surface area (Å²) in [5, 5.41) is 0. The van der Waals surface area contributed by atoms with Crippen molar-refractivity contribution in [1.82, 2.24) is 4.90 Å². The Kier molecular flexibility index (Phi) is 5.01. The summed E-state index contributed by atoms with van der Waals surface area (Å²) in [6.07, 6.45) is 1.64. The van der Waals surface area contributed by atoms with Crippen LogP contribution in [0, 0.1) is 17.5 Å². The fourth-order valence-corrected chi connectivity index (χ4v) is 2.65. The molecule has 2 N–H and O–H groups in total. The van der Waals surface area contributed by atoms with Crippen molar-refractivity contribution in [2.45, 2.75) is 24.9 Å². The number of hydrogen-bond acceptors (Lipinski definition) is 3. The lowest BCUT2D eigenvalue weighted by Gasteiger charge is -2.37. The van der Waals surface area contributed by atoms with E-state index in [1.165, 1.54) is 0 Å². The molecule has 0 saturated carbocycles. The first-order chi connectivity index (χ1) is 9.54. The number of halogens is 3. The van der Waals surface area contributed by atoms with Crippen LogP contribution in [0.2, 0.25) is 0 Å². The van der Waals surface area contributed by atoms with Crippen molar-refractivity contribution < 1.29 is 17.9 Å². The summed E-state index contributed by atoms with van der Waals surface area (Å²) in [6.45, 7) is 1.43. The van der Waals surface area contributed by atoms with Gasteiger partial charge in [-0.15, -0.1) is 0 Å². The fraction of sp³-hybridized carbons (Fsp3) is 0.571. The molecule has 0 aliphatic carbocycles. The molecule has 1 fully saturated rings. The van der Waals surface area contributed by atoms with Crippen LogP contribution in [-0.2, 0) is 4.74 Å². The predicted molar refractivity (Wildman–Crippen MR) is 69.7 cm³/mol. The quantitative estimate of drug-likeness (QED) is 0.863. The summed E-state index contributed by atoms with van der Waals surface area (Å²) >= 11 is 0. The zero-order valence-electron chi connectivity index (χ0n) is 11.4. The van der Waals surface area contributed by atoms with E-state index in [2.05, 4.69) is 0 Å². The molecule has 0 aromatic heterocycles. The molecular weight excluding hydrogens is 269 g/mol. The first kappa shape index (κ1) is 15.3. The Morgan fingerprint density at radius 1 is 1.20 bits per heavy atom. The Labute approximate surface area is 116 Å². The van der Waals surface area contributed by atoms with Crippen molar-refractivity contribution >= 4 is 0 Å². The highest BCUT2D eigenvalue weighted by atomic mass is 19.2. The molecule has 0 bridgehead atoms. The minimum Gasteiger partial charge on any atom is -0.381 e. The molecule has 3 nitrogen and oxygen atoms in total. The number of likely N-dealkylation sites (N-methyl/N-ethyl adjacent to an activating group) is 1. The summed E-state index contributed by atoms with van der Waals surface area (Å²) in [7, 11) is 1.83. The van der Waals surface area contributed by atoms with Crippen molar-refractivity contribution in [3.63, 3.8) is 0 Å². The van der Waals surface area contributed by atoms with Gasteiger partial charge in [0.1, 0.15) is 5.82 Å². The summed E-state index contributed by atoms with van der Waals surface area (Å²) in [5.41, 5.74) is 5.81. The van der Waals surface area contributed by atoms with Gasteiger partial charge in [0.2, 0.25) is 0 Å². The maximum atomic E-state index is 13.9. The van der Waals surface area contributed by atoms with Crippen LogP contribution >= 0.6 is 0 Å². The lowest BCUT2D eigenvalue weighted by Crippen LogP contribution is -2.42. The molecule has 0 spiro atoms. The summed E-state index contributed by atoms with van der Waals surface area (Å²) in [6, 6.07) is 1.20. The van der Waals surface area contributed by atoms with Gasteiger partial charge >= 0.3 is 0 Å². The highest BCUT2D eigenvalue weighted by Crippen LogP contribution is 2.28. The SMILES string of the molecule is CN(C1CCOCC1)C(CN)c1cc(F)c(F)cc1F. The van der Waals surface area contributed by atoms with Crippen LogP contribution in [0.1, 0.15) is 24.4 Å². The van der Waals surface area contributed by atoms with Crippen molar-refractivity contribution in [3.8, 4) is 0 Å². The third-order valence-electron chi connectivity index (χ3n) is 3.88. The first-order valence-electron chi connectivity index (χ1n) is 6.68. The Hall–Kier alpha value is -1.11. The van der Waals surface area contributed by atoms with Crippen LogP contribution in [0.15, 0.2) is 12.1 Å². The zero-order valence-corrected chi connectivity index (χ0v) is 11.4. The normalized spacial score (nSPS) is 18.5. The predicted octanol–water partition coefficient (Wildman–Crippen LogP) is 2.21. The highest BCUT2D eigenvalue weighted by molar-refractivity contribution is 5.24. The number of hydrogen-bond donors (Lipinski definition) is 1. The molecule has 2 rings (SSSR count). The maximum Gasteiger partial charge on any atom is 0.161 e. The van der Waals surface area contributed by atoms with E-state index in [0.717, 1.165) is 18.9 Å². The van der Waals surface area contributed by atoms with E-state index in [9.17, 15) is 13.2 Å². The van der Waals surface area contributed by atoms with Gasteiger partial charge in [0.25, 0.3) is 0 Å². The average molecular weight is 288 g/mol. The average Bonchev–Trinajstić information content (AvgIpc) is 2.46. The molecule has 1 aliphatic rings. The molecule has 112 valence electrons. The van der Waals surface area contributed by atoms with E-state index in [-0.39, 0.29) is 18.2 Å². The van der Waals surface area contributed by atoms with Gasteiger partial charge in [0.15, 0.2) is 11.6 Å². The third kappa shape index (κ3) is 3.13. The lowest BCUT2D eigenvalue weighted by molar-refractivity contribution is 0.0288. The largest absolute Gasteiger partial charge is 0.381 e. The van der Waals surface area contributed by atoms with Gasteiger partial charge in [-0.3, -0.25) is 4.90 Å². The molecule has 1 aromatic rings. The van der Waals surface area contributed by atoms with Crippen molar-refractivity contribution in [2.75, 3.05) is 26.8 Å². The number of benzene rings is 1. The van der Waals surface area contributed by atoms with E-state index in [1.807, 2.05) is 11.9 Å². The standard InChI is InChI=1S/C14H19F3N2O/c1-19(9-2-4-20-5-3-9)14(8-18)10-6-12(16)13(17)7-11(10)15/h6-7,9,14H,2-5,8,18H2,1H3. The minimum absolute atomic E-state index is 0.0976. The number of nitrogens with two attached hydrogens (primary N) is 1. The number of nitrogens with zero attached hydrogens (tertiary/aromatic N) is 1. The van der Waals surface area contributed by atoms with Gasteiger partial charge < -0.3 is 10.5 Å². The second-order valence-corrected chi connectivity index (χ2v) is 5.05. The van der Waals surface area contributed by atoms with Crippen LogP contribution in [0.4, 0.5) is 13.2 Å². The molecule has 20 heavy (non-hydrogen) atoms. The molecular formula is C14H19F3N2O. The number of rotatable bonds is 4. The first-order valence-corrected chi connectivity index (χ1v) is 6.68. The topological polar surface area (TPSA) is 38.5 Å². The molecule has 1 aromatic carbocycles. The second-order valence-electron chi connectivity index (χ2n) is 5.05. The lowest BCUT2D eigenvalue weighted by atomic mass is 10.00. The summed E-state index contributed by atoms with van der Waals surface area (Å²) in [4.78, 5) is 1.93. The van der Waals surface area contributed by atoms with Gasteiger partial charge in [0, 0.05) is 43.5 Å². The van der Waals surface area contributed by atoms with Crippen LogP contribution in [0.5, 0.6) is 0 Å². The van der Waals surface area contributed by atoms with Gasteiger partial charge in [-0.25, -0.2) is 13.2 Å². The molecule has 0 radical (unpaired) electrons. The maximum absolute atomic E-state index is 13.9. The van der Waals surface area contributed by atoms with Crippen molar-refractivity contribution in [3.05, 3.63) is 35.1 Å². The smallest absolute Gasteiger partial charge is 0.161 e. The second kappa shape index (κ2) is 6.56. The number of ether oxygens (including phenoxy) is 1. The van der Waals surface area contributed by atoms with Crippen LogP contribution < -0.4 is 5.73 Å². The van der Waals surface area contributed by atoms with Crippen LogP contribution in [-0.4, -0.2) is 37.7 Å². The summed E-state index contributed by atoms with van der Waals surface area (Å²) in [5.74, 6) is -3.01.